The molecule has 2 aromatic rings. The number of benzene rings is 1. The number of methoxy groups -OCH3 is 1. The molecule has 122 valence electrons. The Labute approximate surface area is 142 Å². The summed E-state index contributed by atoms with van der Waals surface area (Å²) in [4.78, 5) is 12.9. The molecule has 0 aliphatic heterocycles. The quantitative estimate of drug-likeness (QED) is 0.588. The van der Waals surface area contributed by atoms with Gasteiger partial charge in [-0.05, 0) is 25.0 Å². The van der Waals surface area contributed by atoms with Gasteiger partial charge in [-0.15, -0.1) is 0 Å². The molecule has 1 unspecified atom stereocenters. The Kier molecular flexibility index (Phi) is 4.66. The van der Waals surface area contributed by atoms with Crippen LogP contribution < -0.4 is 4.74 Å². The second-order valence-electron chi connectivity index (χ2n) is 5.53. The first kappa shape index (κ1) is 16.4. The van der Waals surface area contributed by atoms with Crippen LogP contribution in [-0.4, -0.2) is 28.9 Å². The summed E-state index contributed by atoms with van der Waals surface area (Å²) in [6.07, 6.45) is 5.04. The van der Waals surface area contributed by atoms with E-state index in [4.69, 9.17) is 20.9 Å². The zero-order valence-corrected chi connectivity index (χ0v) is 14.4. The second-order valence-corrected chi connectivity index (χ2v) is 7.37. The molecule has 23 heavy (non-hydrogen) atoms. The highest BCUT2D eigenvalue weighted by atomic mass is 35.5. The molecule has 1 aromatic carbocycles. The van der Waals surface area contributed by atoms with Gasteiger partial charge in [0.05, 0.1) is 41.3 Å². The fraction of sp³-hybridized carbons (Fsp3) is 0.375. The van der Waals surface area contributed by atoms with Crippen molar-refractivity contribution in [1.82, 2.24) is 5.16 Å². The van der Waals surface area contributed by atoms with Gasteiger partial charge in [-0.1, -0.05) is 27.9 Å². The van der Waals surface area contributed by atoms with Crippen molar-refractivity contribution in [2.75, 3.05) is 13.4 Å². The van der Waals surface area contributed by atoms with Crippen molar-refractivity contribution in [3.63, 3.8) is 0 Å². The minimum atomic E-state index is -1.11. The number of hydrogen-bond acceptors (Lipinski definition) is 5. The fourth-order valence-corrected chi connectivity index (χ4v) is 3.55. The first-order chi connectivity index (χ1) is 11.0. The molecule has 0 bridgehead atoms. The van der Waals surface area contributed by atoms with E-state index in [0.29, 0.717) is 33.2 Å². The smallest absolute Gasteiger partial charge is 0.201 e. The van der Waals surface area contributed by atoms with Gasteiger partial charge in [0.2, 0.25) is 5.78 Å². The maximum Gasteiger partial charge on any atom is 0.201 e. The standard InChI is InChI=1S/C16H16ClNO4S/c1-21-16-10(5-6-13(17)12(16)8-23(2)20)14(19)11-7-18-22-15(11)9-3-4-9/h5-7,9H,3-4,8H2,1-2H3. The lowest BCUT2D eigenvalue weighted by atomic mass is 9.99. The van der Waals surface area contributed by atoms with Gasteiger partial charge in [-0.2, -0.15) is 0 Å². The summed E-state index contributed by atoms with van der Waals surface area (Å²) in [7, 11) is 1.47. The number of rotatable bonds is 6. The molecule has 1 aliphatic rings. The van der Waals surface area contributed by atoms with E-state index in [9.17, 15) is 9.35 Å². The molecule has 1 atom stereocenters. The van der Waals surface area contributed by atoms with Crippen LogP contribution in [0.2, 0.25) is 5.02 Å². The third-order valence-electron chi connectivity index (χ3n) is 3.79. The van der Waals surface area contributed by atoms with Crippen LogP contribution in [0, 0.1) is 0 Å². The Morgan fingerprint density at radius 3 is 2.83 bits per heavy atom. The first-order valence-electron chi connectivity index (χ1n) is 7.17. The lowest BCUT2D eigenvalue weighted by molar-refractivity contribution is 0.103. The summed E-state index contributed by atoms with van der Waals surface area (Å²) in [6.45, 7) is 0. The molecule has 1 saturated carbocycles. The molecule has 0 saturated heterocycles. The van der Waals surface area contributed by atoms with Gasteiger partial charge in [0.1, 0.15) is 11.5 Å². The summed E-state index contributed by atoms with van der Waals surface area (Å²) in [5.41, 5.74) is 1.41. The number of carbonyl (C=O) groups excluding carboxylic acids is 1. The van der Waals surface area contributed by atoms with Gasteiger partial charge in [-0.25, -0.2) is 0 Å². The van der Waals surface area contributed by atoms with E-state index in [1.165, 1.54) is 13.3 Å². The maximum atomic E-state index is 12.9. The van der Waals surface area contributed by atoms with Gasteiger partial charge in [0.15, 0.2) is 5.76 Å². The predicted molar refractivity (Wildman–Crippen MR) is 87.7 cm³/mol. The van der Waals surface area contributed by atoms with Crippen molar-refractivity contribution >= 4 is 28.6 Å². The Hall–Kier alpha value is -1.50. The summed E-state index contributed by atoms with van der Waals surface area (Å²) >= 11 is 5.08. The molecular weight excluding hydrogens is 338 g/mol. The average Bonchev–Trinajstić information content (AvgIpc) is 3.25. The largest absolute Gasteiger partial charge is 0.616 e. The molecular formula is C16H16ClNO4S. The van der Waals surface area contributed by atoms with E-state index in [1.807, 2.05) is 0 Å². The predicted octanol–water partition coefficient (Wildman–Crippen LogP) is 3.32. The number of ether oxygens (including phenoxy) is 1. The van der Waals surface area contributed by atoms with E-state index < -0.39 is 11.2 Å². The third-order valence-corrected chi connectivity index (χ3v) is 4.84. The fourth-order valence-electron chi connectivity index (χ4n) is 2.56. The molecule has 7 heteroatoms. The minimum Gasteiger partial charge on any atom is -0.616 e. The van der Waals surface area contributed by atoms with Crippen LogP contribution in [0.15, 0.2) is 22.9 Å². The van der Waals surface area contributed by atoms with Crippen molar-refractivity contribution in [2.45, 2.75) is 24.5 Å². The van der Waals surface area contributed by atoms with Gasteiger partial charge in [0, 0.05) is 5.92 Å². The van der Waals surface area contributed by atoms with Crippen LogP contribution >= 0.6 is 11.6 Å². The Morgan fingerprint density at radius 2 is 2.22 bits per heavy atom. The SMILES string of the molecule is COc1c(C(=O)c2cnoc2C2CC2)ccc(Cl)c1C[S+](C)[O-]. The number of nitrogens with zero attached hydrogens (tertiary/aromatic N) is 1. The molecule has 1 aliphatic carbocycles. The monoisotopic (exact) mass is 353 g/mol. The summed E-state index contributed by atoms with van der Waals surface area (Å²) in [6, 6.07) is 3.25. The normalized spacial score (nSPS) is 15.5. The average molecular weight is 354 g/mol. The van der Waals surface area contributed by atoms with E-state index in [-0.39, 0.29) is 17.5 Å². The Morgan fingerprint density at radius 1 is 1.48 bits per heavy atom. The topological polar surface area (TPSA) is 75.4 Å². The van der Waals surface area contributed by atoms with E-state index in [1.54, 1.807) is 18.4 Å². The van der Waals surface area contributed by atoms with Gasteiger partial charge >= 0.3 is 0 Å². The van der Waals surface area contributed by atoms with E-state index in [0.717, 1.165) is 12.8 Å². The molecule has 5 nitrogen and oxygen atoms in total. The summed E-state index contributed by atoms with van der Waals surface area (Å²) in [5, 5.41) is 4.19. The number of ketones is 1. The van der Waals surface area contributed by atoms with Crippen LogP contribution in [0.1, 0.15) is 46.0 Å². The van der Waals surface area contributed by atoms with Crippen LogP contribution in [0.25, 0.3) is 0 Å². The van der Waals surface area contributed by atoms with Crippen LogP contribution in [-0.2, 0) is 16.9 Å². The number of halogens is 1. The summed E-state index contributed by atoms with van der Waals surface area (Å²) < 4.78 is 22.2. The number of hydrogen-bond donors (Lipinski definition) is 0. The molecule has 1 fully saturated rings. The zero-order valence-electron chi connectivity index (χ0n) is 12.8. The Balaban J connectivity index is 2.04. The molecule has 3 rings (SSSR count). The Bertz CT molecular complexity index is 740. The molecule has 0 N–H and O–H groups in total. The van der Waals surface area contributed by atoms with E-state index >= 15 is 0 Å². The molecule has 0 amide bonds. The minimum absolute atomic E-state index is 0.218. The van der Waals surface area contributed by atoms with Crippen molar-refractivity contribution < 1.29 is 18.6 Å². The summed E-state index contributed by atoms with van der Waals surface area (Å²) in [5.74, 6) is 1.28. The highest BCUT2D eigenvalue weighted by molar-refractivity contribution is 7.89. The van der Waals surface area contributed by atoms with Crippen LogP contribution in [0.3, 0.4) is 0 Å². The van der Waals surface area contributed by atoms with E-state index in [2.05, 4.69) is 5.16 Å². The molecule has 1 heterocycles. The lowest BCUT2D eigenvalue weighted by Crippen LogP contribution is -2.10. The van der Waals surface area contributed by atoms with Gasteiger partial charge in [-0.3, -0.25) is 4.79 Å². The lowest BCUT2D eigenvalue weighted by Gasteiger charge is -2.15. The molecule has 1 aromatic heterocycles. The van der Waals surface area contributed by atoms with Gasteiger partial charge < -0.3 is 13.8 Å². The van der Waals surface area contributed by atoms with Crippen molar-refractivity contribution in [2.24, 2.45) is 0 Å². The molecule has 0 spiro atoms. The van der Waals surface area contributed by atoms with Crippen molar-refractivity contribution in [1.29, 1.82) is 0 Å². The van der Waals surface area contributed by atoms with Gasteiger partial charge in [0.25, 0.3) is 0 Å². The number of carbonyl (C=O) groups is 1. The van der Waals surface area contributed by atoms with Crippen molar-refractivity contribution in [3.8, 4) is 5.75 Å². The third kappa shape index (κ3) is 3.24. The zero-order chi connectivity index (χ0) is 16.6. The first-order valence-corrected chi connectivity index (χ1v) is 9.28. The van der Waals surface area contributed by atoms with Crippen LogP contribution in [0.4, 0.5) is 0 Å². The second kappa shape index (κ2) is 6.55. The highest BCUT2D eigenvalue weighted by Crippen LogP contribution is 2.42. The number of aromatic nitrogens is 1. The van der Waals surface area contributed by atoms with Crippen LogP contribution in [0.5, 0.6) is 5.75 Å². The van der Waals surface area contributed by atoms with Crippen molar-refractivity contribution in [3.05, 3.63) is 45.8 Å². The maximum absolute atomic E-state index is 12.9. The highest BCUT2D eigenvalue weighted by Gasteiger charge is 2.33. The molecule has 0 radical (unpaired) electrons.